The molecular formula is C21H21ClN4O. The van der Waals surface area contributed by atoms with E-state index in [1.165, 1.54) is 0 Å². The van der Waals surface area contributed by atoms with Gasteiger partial charge in [0.15, 0.2) is 5.82 Å². The molecule has 6 heteroatoms. The molecule has 2 heterocycles. The van der Waals surface area contributed by atoms with Crippen LogP contribution in [-0.2, 0) is 4.74 Å². The third-order valence-corrected chi connectivity index (χ3v) is 4.63. The molecule has 0 aliphatic carbocycles. The second kappa shape index (κ2) is 8.37. The largest absolute Gasteiger partial charge is 0.376 e. The van der Waals surface area contributed by atoms with Crippen LogP contribution >= 0.6 is 11.6 Å². The van der Waals surface area contributed by atoms with Crippen LogP contribution in [0.1, 0.15) is 12.8 Å². The molecule has 1 fully saturated rings. The van der Waals surface area contributed by atoms with E-state index in [9.17, 15) is 0 Å². The standard InChI is InChI=1S/C21H21ClN4O/c22-16-8-4-9-17(12-16)24-20-13-19(23-14-18-10-5-11-27-18)25-21(26-20)15-6-2-1-3-7-15/h1-4,6-9,12-13,18H,5,10-11,14H2,(H2,23,24,25,26). The first-order valence-electron chi connectivity index (χ1n) is 9.09. The van der Waals surface area contributed by atoms with Crippen molar-refractivity contribution in [3.8, 4) is 11.4 Å². The number of hydrogen-bond acceptors (Lipinski definition) is 5. The fourth-order valence-electron chi connectivity index (χ4n) is 3.06. The monoisotopic (exact) mass is 380 g/mol. The molecule has 1 atom stereocenters. The maximum absolute atomic E-state index is 6.09. The minimum atomic E-state index is 0.240. The minimum absolute atomic E-state index is 0.240. The van der Waals surface area contributed by atoms with Crippen molar-refractivity contribution in [1.82, 2.24) is 9.97 Å². The van der Waals surface area contributed by atoms with Crippen LogP contribution in [-0.4, -0.2) is 29.2 Å². The number of nitrogens with zero attached hydrogens (tertiary/aromatic N) is 2. The summed E-state index contributed by atoms with van der Waals surface area (Å²) in [6.07, 6.45) is 2.44. The summed E-state index contributed by atoms with van der Waals surface area (Å²) < 4.78 is 5.69. The molecule has 2 aromatic carbocycles. The first kappa shape index (κ1) is 17.8. The normalized spacial score (nSPS) is 16.3. The van der Waals surface area contributed by atoms with E-state index < -0.39 is 0 Å². The van der Waals surface area contributed by atoms with Crippen molar-refractivity contribution in [3.63, 3.8) is 0 Å². The van der Waals surface area contributed by atoms with Gasteiger partial charge in [-0.1, -0.05) is 48.0 Å². The molecule has 1 aliphatic heterocycles. The topological polar surface area (TPSA) is 59.1 Å². The molecule has 0 saturated carbocycles. The van der Waals surface area contributed by atoms with Crippen LogP contribution in [0.25, 0.3) is 11.4 Å². The zero-order valence-electron chi connectivity index (χ0n) is 14.9. The fraction of sp³-hybridized carbons (Fsp3) is 0.238. The average molecular weight is 381 g/mol. The van der Waals surface area contributed by atoms with Gasteiger partial charge >= 0.3 is 0 Å². The van der Waals surface area contributed by atoms with E-state index in [1.807, 2.05) is 60.7 Å². The van der Waals surface area contributed by atoms with E-state index >= 15 is 0 Å². The van der Waals surface area contributed by atoms with Crippen LogP contribution in [0, 0.1) is 0 Å². The highest BCUT2D eigenvalue weighted by atomic mass is 35.5. The van der Waals surface area contributed by atoms with Crippen molar-refractivity contribution in [2.75, 3.05) is 23.8 Å². The molecule has 3 aromatic rings. The van der Waals surface area contributed by atoms with Gasteiger partial charge in [-0.3, -0.25) is 0 Å². The lowest BCUT2D eigenvalue weighted by Gasteiger charge is -2.14. The number of anilines is 3. The van der Waals surface area contributed by atoms with E-state index in [0.29, 0.717) is 16.7 Å². The molecule has 0 amide bonds. The first-order valence-corrected chi connectivity index (χ1v) is 9.47. The van der Waals surface area contributed by atoms with E-state index in [1.54, 1.807) is 0 Å². The maximum atomic E-state index is 6.09. The van der Waals surface area contributed by atoms with E-state index in [-0.39, 0.29) is 6.10 Å². The van der Waals surface area contributed by atoms with Crippen LogP contribution in [0.2, 0.25) is 5.02 Å². The Hall–Kier alpha value is -2.63. The second-order valence-corrected chi connectivity index (χ2v) is 6.92. The number of benzene rings is 2. The molecule has 2 N–H and O–H groups in total. The minimum Gasteiger partial charge on any atom is -0.376 e. The van der Waals surface area contributed by atoms with E-state index in [0.717, 1.165) is 43.1 Å². The number of aromatic nitrogens is 2. The van der Waals surface area contributed by atoms with Gasteiger partial charge < -0.3 is 15.4 Å². The van der Waals surface area contributed by atoms with Gasteiger partial charge in [0.25, 0.3) is 0 Å². The Labute approximate surface area is 163 Å². The summed E-state index contributed by atoms with van der Waals surface area (Å²) in [7, 11) is 0. The predicted octanol–water partition coefficient (Wildman–Crippen LogP) is 5.13. The lowest BCUT2D eigenvalue weighted by atomic mass is 10.2. The highest BCUT2D eigenvalue weighted by Gasteiger charge is 2.16. The summed E-state index contributed by atoms with van der Waals surface area (Å²) in [4.78, 5) is 9.35. The Balaban J connectivity index is 1.61. The number of halogens is 1. The SMILES string of the molecule is Clc1cccc(Nc2cc(NCC3CCCO3)nc(-c3ccccc3)n2)c1. The molecule has 0 bridgehead atoms. The third kappa shape index (κ3) is 4.76. The van der Waals surface area contributed by atoms with Crippen LogP contribution < -0.4 is 10.6 Å². The molecular weight excluding hydrogens is 360 g/mol. The van der Waals surface area contributed by atoms with Gasteiger partial charge in [-0.25, -0.2) is 9.97 Å². The lowest BCUT2D eigenvalue weighted by Crippen LogP contribution is -2.19. The molecule has 1 aromatic heterocycles. The van der Waals surface area contributed by atoms with E-state index in [4.69, 9.17) is 16.3 Å². The van der Waals surface area contributed by atoms with Gasteiger partial charge in [-0.05, 0) is 31.0 Å². The quantitative estimate of drug-likeness (QED) is 0.620. The molecule has 5 nitrogen and oxygen atoms in total. The Morgan fingerprint density at radius 1 is 1.00 bits per heavy atom. The van der Waals surface area contributed by atoms with Crippen molar-refractivity contribution in [2.24, 2.45) is 0 Å². The van der Waals surface area contributed by atoms with E-state index in [2.05, 4.69) is 20.6 Å². The molecule has 1 aliphatic rings. The Morgan fingerprint density at radius 2 is 1.85 bits per heavy atom. The van der Waals surface area contributed by atoms with Gasteiger partial charge in [-0.2, -0.15) is 0 Å². The summed E-state index contributed by atoms with van der Waals surface area (Å²) >= 11 is 6.09. The average Bonchev–Trinajstić information content (AvgIpc) is 3.21. The Kier molecular flexibility index (Phi) is 5.51. The smallest absolute Gasteiger partial charge is 0.163 e. The van der Waals surface area contributed by atoms with Crippen molar-refractivity contribution in [2.45, 2.75) is 18.9 Å². The van der Waals surface area contributed by atoms with Crippen molar-refractivity contribution >= 4 is 28.9 Å². The lowest BCUT2D eigenvalue weighted by molar-refractivity contribution is 0.120. The highest BCUT2D eigenvalue weighted by Crippen LogP contribution is 2.24. The first-order chi connectivity index (χ1) is 13.3. The van der Waals surface area contributed by atoms with Crippen LogP contribution in [0.4, 0.5) is 17.3 Å². The highest BCUT2D eigenvalue weighted by molar-refractivity contribution is 6.30. The molecule has 4 rings (SSSR count). The van der Waals surface area contributed by atoms with Gasteiger partial charge in [0.2, 0.25) is 0 Å². The van der Waals surface area contributed by atoms with Crippen LogP contribution in [0.3, 0.4) is 0 Å². The molecule has 1 unspecified atom stereocenters. The molecule has 0 radical (unpaired) electrons. The summed E-state index contributed by atoms with van der Waals surface area (Å²) in [5.74, 6) is 2.14. The molecule has 0 spiro atoms. The summed E-state index contributed by atoms with van der Waals surface area (Å²) in [6, 6.07) is 19.4. The van der Waals surface area contributed by atoms with Crippen LogP contribution in [0.5, 0.6) is 0 Å². The van der Waals surface area contributed by atoms with Gasteiger partial charge in [-0.15, -0.1) is 0 Å². The molecule has 1 saturated heterocycles. The van der Waals surface area contributed by atoms with Crippen molar-refractivity contribution < 1.29 is 4.74 Å². The summed E-state index contributed by atoms with van der Waals surface area (Å²) in [6.45, 7) is 1.58. The maximum Gasteiger partial charge on any atom is 0.163 e. The Bertz CT molecular complexity index is 898. The van der Waals surface area contributed by atoms with Gasteiger partial charge in [0.1, 0.15) is 11.6 Å². The summed E-state index contributed by atoms with van der Waals surface area (Å²) in [5.41, 5.74) is 1.85. The third-order valence-electron chi connectivity index (χ3n) is 4.39. The van der Waals surface area contributed by atoms with Gasteiger partial charge in [0.05, 0.1) is 6.10 Å². The molecule has 27 heavy (non-hydrogen) atoms. The molecule has 138 valence electrons. The Morgan fingerprint density at radius 3 is 2.63 bits per heavy atom. The number of nitrogens with one attached hydrogen (secondary N) is 2. The second-order valence-electron chi connectivity index (χ2n) is 6.48. The zero-order chi connectivity index (χ0) is 18.5. The summed E-state index contributed by atoms with van der Waals surface area (Å²) in [5, 5.41) is 7.38. The number of rotatable bonds is 6. The fourth-order valence-corrected chi connectivity index (χ4v) is 3.25. The van der Waals surface area contributed by atoms with Crippen molar-refractivity contribution in [3.05, 3.63) is 65.7 Å². The van der Waals surface area contributed by atoms with Crippen LogP contribution in [0.15, 0.2) is 60.7 Å². The predicted molar refractivity (Wildman–Crippen MR) is 110 cm³/mol. The van der Waals surface area contributed by atoms with Gasteiger partial charge in [0, 0.05) is 35.5 Å². The zero-order valence-corrected chi connectivity index (χ0v) is 15.6. The number of hydrogen-bond donors (Lipinski definition) is 2. The number of ether oxygens (including phenoxy) is 1. The van der Waals surface area contributed by atoms with Crippen molar-refractivity contribution in [1.29, 1.82) is 0 Å².